The van der Waals surface area contributed by atoms with Crippen molar-refractivity contribution in [2.24, 2.45) is 0 Å². The average Bonchev–Trinajstić information content (AvgIpc) is 3.58. The SMILES string of the molecule is Cc1oc(=O)oc1COC(=O)c1ccc2c(ccn2CCC(C)(C)NC[C@H](O)c2cccc(NS(=O)(=O)c3ccccc3)c2)c1. The summed E-state index contributed by atoms with van der Waals surface area (Å²) in [7, 11) is -3.75. The van der Waals surface area contributed by atoms with Gasteiger partial charge in [-0.1, -0.05) is 30.3 Å². The van der Waals surface area contributed by atoms with E-state index in [0.717, 1.165) is 17.3 Å². The van der Waals surface area contributed by atoms with E-state index in [0.29, 0.717) is 23.4 Å². The molecule has 0 saturated carbocycles. The molecule has 5 aromatic rings. The minimum atomic E-state index is -3.75. The number of sulfonamides is 1. The predicted octanol–water partition coefficient (Wildman–Crippen LogP) is 5.15. The smallest absolute Gasteiger partial charge is 0.454 e. The Labute approximate surface area is 260 Å². The molecule has 12 heteroatoms. The number of anilines is 1. The van der Waals surface area contributed by atoms with Gasteiger partial charge >= 0.3 is 11.8 Å². The molecule has 0 saturated heterocycles. The van der Waals surface area contributed by atoms with Crippen LogP contribution in [0.2, 0.25) is 0 Å². The molecule has 0 fully saturated rings. The van der Waals surface area contributed by atoms with Crippen LogP contribution in [0.1, 0.15) is 53.8 Å². The number of hydrogen-bond acceptors (Lipinski definition) is 9. The fraction of sp³-hybridized carbons (Fsp3) is 0.273. The summed E-state index contributed by atoms with van der Waals surface area (Å²) in [6.07, 6.45) is 1.83. The first-order chi connectivity index (χ1) is 21.4. The van der Waals surface area contributed by atoms with Gasteiger partial charge in [-0.3, -0.25) is 4.72 Å². The van der Waals surface area contributed by atoms with Gasteiger partial charge in [0.15, 0.2) is 18.1 Å². The molecule has 0 spiro atoms. The summed E-state index contributed by atoms with van der Waals surface area (Å²) in [5.74, 6) is -0.946. The molecule has 0 aliphatic heterocycles. The molecule has 2 heterocycles. The quantitative estimate of drug-likeness (QED) is 0.150. The van der Waals surface area contributed by atoms with Crippen LogP contribution in [0.4, 0.5) is 5.69 Å². The Morgan fingerprint density at radius 2 is 1.80 bits per heavy atom. The molecule has 11 nitrogen and oxygen atoms in total. The third kappa shape index (κ3) is 7.90. The highest BCUT2D eigenvalue weighted by atomic mass is 32.2. The largest absolute Gasteiger partial charge is 0.519 e. The molecular weight excluding hydrogens is 598 g/mol. The van der Waals surface area contributed by atoms with Crippen molar-refractivity contribution in [2.45, 2.75) is 56.9 Å². The van der Waals surface area contributed by atoms with Gasteiger partial charge in [-0.05, 0) is 81.3 Å². The van der Waals surface area contributed by atoms with Gasteiger partial charge in [-0.25, -0.2) is 18.0 Å². The van der Waals surface area contributed by atoms with Gasteiger partial charge in [0, 0.05) is 41.4 Å². The van der Waals surface area contributed by atoms with Crippen molar-refractivity contribution >= 4 is 32.6 Å². The topological polar surface area (TPSA) is 153 Å². The minimum absolute atomic E-state index is 0.159. The fourth-order valence-electron chi connectivity index (χ4n) is 4.85. The van der Waals surface area contributed by atoms with E-state index in [1.807, 2.05) is 32.2 Å². The first-order valence-corrected chi connectivity index (χ1v) is 15.8. The highest BCUT2D eigenvalue weighted by Gasteiger charge is 2.21. The van der Waals surface area contributed by atoms with E-state index in [1.165, 1.54) is 12.1 Å². The zero-order chi connectivity index (χ0) is 32.2. The van der Waals surface area contributed by atoms with Gasteiger partial charge in [-0.2, -0.15) is 0 Å². The normalized spacial score (nSPS) is 12.7. The van der Waals surface area contributed by atoms with E-state index >= 15 is 0 Å². The molecule has 0 bridgehead atoms. The molecule has 5 rings (SSSR count). The summed E-state index contributed by atoms with van der Waals surface area (Å²) in [5, 5.41) is 15.2. The van der Waals surface area contributed by atoms with Crippen LogP contribution in [-0.4, -0.2) is 36.1 Å². The number of nitrogens with one attached hydrogen (secondary N) is 2. The first-order valence-electron chi connectivity index (χ1n) is 14.4. The number of nitrogens with zero attached hydrogens (tertiary/aromatic N) is 1. The molecule has 0 amide bonds. The van der Waals surface area contributed by atoms with Crippen LogP contribution in [0.3, 0.4) is 0 Å². The maximum atomic E-state index is 12.7. The number of rotatable bonds is 13. The van der Waals surface area contributed by atoms with E-state index in [1.54, 1.807) is 61.5 Å². The van der Waals surface area contributed by atoms with Crippen LogP contribution >= 0.6 is 0 Å². The highest BCUT2D eigenvalue weighted by molar-refractivity contribution is 7.92. The Morgan fingerprint density at radius 1 is 1.02 bits per heavy atom. The van der Waals surface area contributed by atoms with E-state index in [-0.39, 0.29) is 35.1 Å². The van der Waals surface area contributed by atoms with Crippen molar-refractivity contribution in [3.8, 4) is 0 Å². The second-order valence-corrected chi connectivity index (χ2v) is 13.0. The standard InChI is InChI=1S/C33H35N3O8S/c1-22-30(44-32(39)43-22)21-42-31(38)25-12-13-28-23(18-25)14-16-36(28)17-15-33(2,3)34-20-29(37)24-8-7-9-26(19-24)35-45(40,41)27-10-5-4-6-11-27/h4-14,16,18-19,29,34-35,37H,15,17,20-21H2,1-3H3/t29-/m0/s1. The molecule has 0 aliphatic rings. The molecule has 45 heavy (non-hydrogen) atoms. The molecule has 3 aromatic carbocycles. The lowest BCUT2D eigenvalue weighted by atomic mass is 9.99. The Kier molecular flexibility index (Phi) is 9.28. The molecule has 0 unspecified atom stereocenters. The van der Waals surface area contributed by atoms with Crippen LogP contribution in [0, 0.1) is 6.92 Å². The van der Waals surface area contributed by atoms with Gasteiger partial charge in [0.1, 0.15) is 0 Å². The minimum Gasteiger partial charge on any atom is -0.454 e. The maximum Gasteiger partial charge on any atom is 0.519 e. The van der Waals surface area contributed by atoms with Crippen LogP contribution in [0.15, 0.2) is 104 Å². The van der Waals surface area contributed by atoms with Crippen LogP contribution in [0.25, 0.3) is 10.9 Å². The number of ether oxygens (including phenoxy) is 1. The number of fused-ring (bicyclic) bond motifs is 1. The van der Waals surface area contributed by atoms with Gasteiger partial charge in [0.25, 0.3) is 10.0 Å². The number of carbonyl (C=O) groups excluding carboxylic acids is 1. The number of aliphatic hydroxyl groups excluding tert-OH is 1. The first kappa shape index (κ1) is 31.8. The Balaban J connectivity index is 1.15. The van der Waals surface area contributed by atoms with E-state index in [9.17, 15) is 23.1 Å². The Bertz CT molecular complexity index is 1960. The predicted molar refractivity (Wildman–Crippen MR) is 168 cm³/mol. The second kappa shape index (κ2) is 13.1. The van der Waals surface area contributed by atoms with Crippen molar-refractivity contribution < 1.29 is 31.9 Å². The molecule has 1 atom stereocenters. The molecule has 0 aliphatic carbocycles. The number of aryl methyl sites for hydroxylation is 2. The van der Waals surface area contributed by atoms with Gasteiger partial charge in [0.05, 0.1) is 16.6 Å². The molecule has 0 radical (unpaired) electrons. The lowest BCUT2D eigenvalue weighted by Gasteiger charge is -2.28. The zero-order valence-corrected chi connectivity index (χ0v) is 26.0. The summed E-state index contributed by atoms with van der Waals surface area (Å²) in [4.78, 5) is 23.9. The van der Waals surface area contributed by atoms with Crippen molar-refractivity contribution in [1.82, 2.24) is 9.88 Å². The fourth-order valence-corrected chi connectivity index (χ4v) is 5.92. The van der Waals surface area contributed by atoms with Crippen molar-refractivity contribution in [2.75, 3.05) is 11.3 Å². The second-order valence-electron chi connectivity index (χ2n) is 11.4. The Hall–Kier alpha value is -4.65. The number of benzene rings is 3. The maximum absolute atomic E-state index is 12.7. The van der Waals surface area contributed by atoms with Gasteiger partial charge in [-0.15, -0.1) is 0 Å². The third-order valence-corrected chi connectivity index (χ3v) is 8.90. The molecular formula is C33H35N3O8S. The van der Waals surface area contributed by atoms with Crippen LogP contribution in [0.5, 0.6) is 0 Å². The molecule has 2 aromatic heterocycles. The zero-order valence-electron chi connectivity index (χ0n) is 25.1. The summed E-state index contributed by atoms with van der Waals surface area (Å²) in [6, 6.07) is 22.1. The van der Waals surface area contributed by atoms with Crippen molar-refractivity contribution in [3.63, 3.8) is 0 Å². The van der Waals surface area contributed by atoms with E-state index < -0.39 is 27.9 Å². The van der Waals surface area contributed by atoms with Gasteiger partial charge in [0.2, 0.25) is 0 Å². The highest BCUT2D eigenvalue weighted by Crippen LogP contribution is 2.23. The number of hydrogen-bond donors (Lipinski definition) is 3. The summed E-state index contributed by atoms with van der Waals surface area (Å²) < 4.78 is 45.0. The van der Waals surface area contributed by atoms with Gasteiger partial charge < -0.3 is 28.6 Å². The third-order valence-electron chi connectivity index (χ3n) is 7.51. The monoisotopic (exact) mass is 633 g/mol. The van der Waals surface area contributed by atoms with Crippen molar-refractivity contribution in [3.05, 3.63) is 118 Å². The lowest BCUT2D eigenvalue weighted by Crippen LogP contribution is -2.42. The summed E-state index contributed by atoms with van der Waals surface area (Å²) in [6.45, 7) is 6.40. The molecule has 236 valence electrons. The summed E-state index contributed by atoms with van der Waals surface area (Å²) >= 11 is 0. The molecule has 3 N–H and O–H groups in total. The van der Waals surface area contributed by atoms with Crippen LogP contribution < -0.4 is 15.9 Å². The number of β-amino-alcohol motifs (C(OH)–C–C–N with tert-alkyl or cyclic N) is 1. The number of carbonyl (C=O) groups is 1. The lowest BCUT2D eigenvalue weighted by molar-refractivity contribution is 0.0443. The number of esters is 1. The summed E-state index contributed by atoms with van der Waals surface area (Å²) in [5.41, 5.74) is 1.94. The average molecular weight is 634 g/mol. The van der Waals surface area contributed by atoms with Crippen LogP contribution in [-0.2, 0) is 27.9 Å². The van der Waals surface area contributed by atoms with E-state index in [2.05, 4.69) is 14.6 Å². The number of aliphatic hydroxyl groups is 1. The van der Waals surface area contributed by atoms with Crippen molar-refractivity contribution in [1.29, 1.82) is 0 Å². The Morgan fingerprint density at radius 3 is 2.53 bits per heavy atom. The number of aromatic nitrogens is 1. The van der Waals surface area contributed by atoms with E-state index in [4.69, 9.17) is 13.6 Å².